The Bertz CT molecular complexity index is 904. The minimum absolute atomic E-state index is 0.0902. The van der Waals surface area contributed by atoms with Gasteiger partial charge in [0.15, 0.2) is 0 Å². The van der Waals surface area contributed by atoms with Crippen molar-refractivity contribution in [3.8, 4) is 6.07 Å². The molecule has 8 heteroatoms. The van der Waals surface area contributed by atoms with Crippen LogP contribution in [0.25, 0.3) is 0 Å². The summed E-state index contributed by atoms with van der Waals surface area (Å²) in [7, 11) is 0. The summed E-state index contributed by atoms with van der Waals surface area (Å²) in [6.07, 6.45) is 7.24. The zero-order valence-electron chi connectivity index (χ0n) is 15.5. The van der Waals surface area contributed by atoms with Crippen LogP contribution in [0.5, 0.6) is 0 Å². The third-order valence-corrected chi connectivity index (χ3v) is 5.26. The Balaban J connectivity index is 1.47. The van der Waals surface area contributed by atoms with Crippen molar-refractivity contribution in [1.82, 2.24) is 9.97 Å². The third kappa shape index (κ3) is 3.49. The van der Waals surface area contributed by atoms with Gasteiger partial charge in [-0.3, -0.25) is 4.79 Å². The van der Waals surface area contributed by atoms with E-state index < -0.39 is 11.5 Å². The largest absolute Gasteiger partial charge is 0.370 e. The summed E-state index contributed by atoms with van der Waals surface area (Å²) in [5.41, 5.74) is -0.244. The Labute approximate surface area is 163 Å². The number of aromatic nitrogens is 2. The molecule has 8 nitrogen and oxygen atoms in total. The Hall–Kier alpha value is -3.18. The minimum atomic E-state index is -1.94. The molecule has 0 bridgehead atoms. The zero-order chi connectivity index (χ0) is 19.6. The van der Waals surface area contributed by atoms with E-state index in [1.54, 1.807) is 24.4 Å². The second kappa shape index (κ2) is 7.44. The fraction of sp³-hybridized carbons (Fsp3) is 0.400. The average molecular weight is 378 g/mol. The first kappa shape index (κ1) is 18.2. The molecule has 1 amide bonds. The summed E-state index contributed by atoms with van der Waals surface area (Å²) in [5.74, 6) is 0.596. The van der Waals surface area contributed by atoms with Gasteiger partial charge in [-0.25, -0.2) is 9.97 Å². The van der Waals surface area contributed by atoms with Gasteiger partial charge in [0.1, 0.15) is 17.7 Å². The van der Waals surface area contributed by atoms with Gasteiger partial charge in [-0.05, 0) is 37.5 Å². The normalized spacial score (nSPS) is 22.2. The summed E-state index contributed by atoms with van der Waals surface area (Å²) < 4.78 is 0. The number of carbonyl (C=O) groups is 1. The maximum atomic E-state index is 12.3. The minimum Gasteiger partial charge on any atom is -0.370 e. The van der Waals surface area contributed by atoms with Crippen molar-refractivity contribution in [2.75, 3.05) is 34.8 Å². The van der Waals surface area contributed by atoms with Crippen molar-refractivity contribution in [1.29, 1.82) is 5.26 Å². The van der Waals surface area contributed by atoms with Crippen LogP contribution in [0, 0.1) is 11.3 Å². The van der Waals surface area contributed by atoms with Gasteiger partial charge in [-0.15, -0.1) is 0 Å². The number of aliphatic hydroxyl groups is 1. The van der Waals surface area contributed by atoms with Crippen LogP contribution in [-0.2, 0) is 4.79 Å². The molecule has 2 saturated heterocycles. The number of nitriles is 1. The molecule has 2 aromatic rings. The van der Waals surface area contributed by atoms with E-state index >= 15 is 0 Å². The van der Waals surface area contributed by atoms with Gasteiger partial charge < -0.3 is 20.2 Å². The van der Waals surface area contributed by atoms with Crippen molar-refractivity contribution in [2.24, 2.45) is 0 Å². The van der Waals surface area contributed by atoms with E-state index in [2.05, 4.69) is 20.2 Å². The fourth-order valence-corrected chi connectivity index (χ4v) is 3.64. The van der Waals surface area contributed by atoms with Crippen LogP contribution in [0.1, 0.15) is 25.7 Å². The van der Waals surface area contributed by atoms with E-state index in [0.717, 1.165) is 18.8 Å². The van der Waals surface area contributed by atoms with E-state index in [-0.39, 0.29) is 13.0 Å². The van der Waals surface area contributed by atoms with E-state index in [9.17, 15) is 9.90 Å². The summed E-state index contributed by atoms with van der Waals surface area (Å²) in [6, 6.07) is 9.04. The van der Waals surface area contributed by atoms with E-state index in [0.29, 0.717) is 17.3 Å². The van der Waals surface area contributed by atoms with Crippen LogP contribution in [0.2, 0.25) is 0 Å². The van der Waals surface area contributed by atoms with Gasteiger partial charge in [0, 0.05) is 44.0 Å². The first-order valence-electron chi connectivity index (χ1n) is 9.49. The predicted molar refractivity (Wildman–Crippen MR) is 105 cm³/mol. The Morgan fingerprint density at radius 2 is 1.89 bits per heavy atom. The number of anilines is 4. The highest BCUT2D eigenvalue weighted by molar-refractivity contribution is 6.03. The Morgan fingerprint density at radius 1 is 1.07 bits per heavy atom. The highest BCUT2D eigenvalue weighted by Crippen LogP contribution is 2.29. The van der Waals surface area contributed by atoms with Gasteiger partial charge in [0.2, 0.25) is 5.60 Å². The number of hydrogen-bond donors (Lipinski definition) is 2. The van der Waals surface area contributed by atoms with Gasteiger partial charge in [-0.1, -0.05) is 0 Å². The lowest BCUT2D eigenvalue weighted by Crippen LogP contribution is -2.38. The monoisotopic (exact) mass is 378 g/mol. The Morgan fingerprint density at radius 3 is 2.57 bits per heavy atom. The quantitative estimate of drug-likeness (QED) is 0.786. The molecule has 0 unspecified atom stereocenters. The molecule has 28 heavy (non-hydrogen) atoms. The van der Waals surface area contributed by atoms with Crippen molar-refractivity contribution >= 4 is 28.9 Å². The van der Waals surface area contributed by atoms with Crippen molar-refractivity contribution in [3.63, 3.8) is 0 Å². The molecule has 2 aliphatic heterocycles. The summed E-state index contributed by atoms with van der Waals surface area (Å²) in [5, 5.41) is 22.2. The lowest BCUT2D eigenvalue weighted by molar-refractivity contribution is -0.128. The van der Waals surface area contributed by atoms with Gasteiger partial charge in [-0.2, -0.15) is 5.26 Å². The number of amides is 1. The molecule has 0 saturated carbocycles. The zero-order valence-corrected chi connectivity index (χ0v) is 15.5. The third-order valence-electron chi connectivity index (χ3n) is 5.26. The van der Waals surface area contributed by atoms with E-state index in [1.807, 2.05) is 18.3 Å². The van der Waals surface area contributed by atoms with Crippen LogP contribution in [0.15, 0.2) is 36.7 Å². The molecule has 2 N–H and O–H groups in total. The smallest absolute Gasteiger partial charge is 0.273 e. The number of piperidine rings is 1. The van der Waals surface area contributed by atoms with Crippen LogP contribution >= 0.6 is 0 Å². The van der Waals surface area contributed by atoms with Crippen LogP contribution < -0.4 is 15.1 Å². The number of nitrogens with zero attached hydrogens (tertiary/aromatic N) is 5. The van der Waals surface area contributed by atoms with E-state index in [4.69, 9.17) is 5.26 Å². The lowest BCUT2D eigenvalue weighted by Gasteiger charge is -2.28. The standard InChI is InChI=1S/C20H22N6O2/c21-14-20(28)7-11-26(19(20)27)15-6-8-22-18(12-15)24-17-5-4-16(13-23-17)25-9-2-1-3-10-25/h4-6,8,12-13,28H,1-3,7,9-11H2,(H,22,23,24)/t20-/m0/s1. The molecule has 1 atom stereocenters. The fourth-order valence-electron chi connectivity index (χ4n) is 3.64. The van der Waals surface area contributed by atoms with Crippen LogP contribution in [-0.4, -0.2) is 46.2 Å². The van der Waals surface area contributed by atoms with Crippen LogP contribution in [0.4, 0.5) is 23.0 Å². The molecule has 2 aliphatic rings. The van der Waals surface area contributed by atoms with Gasteiger partial charge >= 0.3 is 0 Å². The maximum absolute atomic E-state index is 12.3. The molecule has 0 aromatic carbocycles. The molecular formula is C20H22N6O2. The van der Waals surface area contributed by atoms with Gasteiger partial charge in [0.05, 0.1) is 11.9 Å². The second-order valence-corrected chi connectivity index (χ2v) is 7.15. The first-order valence-corrected chi connectivity index (χ1v) is 9.49. The molecule has 4 heterocycles. The maximum Gasteiger partial charge on any atom is 0.273 e. The topological polar surface area (TPSA) is 105 Å². The SMILES string of the molecule is N#C[C@@]1(O)CCN(c2ccnc(Nc3ccc(N4CCCCC4)cn3)c2)C1=O. The van der Waals surface area contributed by atoms with E-state index in [1.165, 1.54) is 24.2 Å². The molecule has 2 fully saturated rings. The summed E-state index contributed by atoms with van der Waals surface area (Å²) in [4.78, 5) is 24.8. The molecule has 0 radical (unpaired) electrons. The molecule has 4 rings (SSSR count). The van der Waals surface area contributed by atoms with Crippen molar-refractivity contribution in [3.05, 3.63) is 36.7 Å². The highest BCUT2D eigenvalue weighted by Gasteiger charge is 2.46. The molecule has 144 valence electrons. The van der Waals surface area contributed by atoms with Crippen molar-refractivity contribution in [2.45, 2.75) is 31.3 Å². The van der Waals surface area contributed by atoms with Crippen molar-refractivity contribution < 1.29 is 9.90 Å². The molecule has 0 aliphatic carbocycles. The van der Waals surface area contributed by atoms with Gasteiger partial charge in [0.25, 0.3) is 5.91 Å². The lowest BCUT2D eigenvalue weighted by atomic mass is 10.1. The molecule has 2 aromatic heterocycles. The highest BCUT2D eigenvalue weighted by atomic mass is 16.3. The second-order valence-electron chi connectivity index (χ2n) is 7.15. The molecular weight excluding hydrogens is 356 g/mol. The number of carbonyl (C=O) groups excluding carboxylic acids is 1. The predicted octanol–water partition coefficient (Wildman–Crippen LogP) is 2.20. The Kier molecular flexibility index (Phi) is 4.84. The average Bonchev–Trinajstić information content (AvgIpc) is 3.05. The first-order chi connectivity index (χ1) is 13.6. The summed E-state index contributed by atoms with van der Waals surface area (Å²) >= 11 is 0. The number of pyridine rings is 2. The molecule has 0 spiro atoms. The number of rotatable bonds is 4. The number of hydrogen-bond acceptors (Lipinski definition) is 7. The van der Waals surface area contributed by atoms with Crippen LogP contribution in [0.3, 0.4) is 0 Å². The number of nitrogens with one attached hydrogen (secondary N) is 1. The summed E-state index contributed by atoms with van der Waals surface area (Å²) in [6.45, 7) is 2.42.